The predicted molar refractivity (Wildman–Crippen MR) is 141 cm³/mol. The molecule has 1 aliphatic carbocycles. The van der Waals surface area contributed by atoms with E-state index in [0.717, 1.165) is 66.7 Å². The second-order valence-corrected chi connectivity index (χ2v) is 7.97. The molecule has 1 fully saturated rings. The van der Waals surface area contributed by atoms with Crippen molar-refractivity contribution in [1.29, 1.82) is 0 Å². The van der Waals surface area contributed by atoms with Gasteiger partial charge in [-0.25, -0.2) is 0 Å². The number of fused-ring (bicyclic) bond motifs is 1. The summed E-state index contributed by atoms with van der Waals surface area (Å²) in [4.78, 5) is 4.35. The number of benzene rings is 1. The molecule has 4 rings (SSSR count). The molecule has 1 aromatic carbocycles. The van der Waals surface area contributed by atoms with Crippen molar-refractivity contribution in [3.8, 4) is 11.5 Å². The zero-order valence-electron chi connectivity index (χ0n) is 19.3. The Morgan fingerprint density at radius 3 is 2.76 bits per heavy atom. The zero-order chi connectivity index (χ0) is 22.2. The van der Waals surface area contributed by atoms with Gasteiger partial charge in [0.1, 0.15) is 5.82 Å². The van der Waals surface area contributed by atoms with E-state index in [9.17, 15) is 0 Å². The van der Waals surface area contributed by atoms with Crippen LogP contribution in [0.5, 0.6) is 11.5 Å². The molecule has 3 aromatic rings. The zero-order valence-corrected chi connectivity index (χ0v) is 21.6. The molecule has 9 heteroatoms. The first-order valence-electron chi connectivity index (χ1n) is 11.3. The lowest BCUT2D eigenvalue weighted by molar-refractivity contribution is 0.198. The van der Waals surface area contributed by atoms with Crippen LogP contribution in [0, 0.1) is 0 Å². The third-order valence-electron chi connectivity index (χ3n) is 5.79. The van der Waals surface area contributed by atoms with Gasteiger partial charge in [-0.05, 0) is 50.3 Å². The van der Waals surface area contributed by atoms with Gasteiger partial charge in [0, 0.05) is 38.3 Å². The van der Waals surface area contributed by atoms with Gasteiger partial charge in [-0.3, -0.25) is 9.39 Å². The summed E-state index contributed by atoms with van der Waals surface area (Å²) in [7, 11) is 3.47. The van der Waals surface area contributed by atoms with E-state index < -0.39 is 0 Å². The Balaban J connectivity index is 0.00000306. The molecule has 2 heterocycles. The van der Waals surface area contributed by atoms with Gasteiger partial charge in [0.2, 0.25) is 0 Å². The average Bonchev–Trinajstić information content (AvgIpc) is 3.49. The first-order valence-corrected chi connectivity index (χ1v) is 11.3. The van der Waals surface area contributed by atoms with Crippen molar-refractivity contribution in [1.82, 2.24) is 25.2 Å². The van der Waals surface area contributed by atoms with E-state index in [4.69, 9.17) is 9.47 Å². The van der Waals surface area contributed by atoms with Crippen LogP contribution in [0.2, 0.25) is 0 Å². The number of nitrogens with zero attached hydrogens (tertiary/aromatic N) is 4. The summed E-state index contributed by atoms with van der Waals surface area (Å²) in [6.45, 7) is 1.39. The van der Waals surface area contributed by atoms with Gasteiger partial charge in [-0.15, -0.1) is 34.2 Å². The van der Waals surface area contributed by atoms with Gasteiger partial charge in [-0.2, -0.15) is 0 Å². The van der Waals surface area contributed by atoms with E-state index in [1.807, 2.05) is 40.9 Å². The lowest BCUT2D eigenvalue weighted by Crippen LogP contribution is -2.37. The molecule has 2 aromatic heterocycles. The molecule has 8 nitrogen and oxygen atoms in total. The molecular formula is C24H33IN6O2. The molecule has 178 valence electrons. The number of guanidine groups is 1. The second kappa shape index (κ2) is 12.6. The average molecular weight is 564 g/mol. The van der Waals surface area contributed by atoms with Crippen LogP contribution >= 0.6 is 24.0 Å². The minimum Gasteiger partial charge on any atom is -0.493 e. The number of hydrogen-bond acceptors (Lipinski definition) is 5. The van der Waals surface area contributed by atoms with E-state index in [1.54, 1.807) is 14.2 Å². The van der Waals surface area contributed by atoms with Gasteiger partial charge in [0.15, 0.2) is 23.1 Å². The Morgan fingerprint density at radius 2 is 1.97 bits per heavy atom. The van der Waals surface area contributed by atoms with Crippen LogP contribution in [0.1, 0.15) is 43.5 Å². The third kappa shape index (κ3) is 6.49. The van der Waals surface area contributed by atoms with Gasteiger partial charge < -0.3 is 20.1 Å². The Hall–Kier alpha value is -2.56. The number of halogens is 1. The van der Waals surface area contributed by atoms with Crippen LogP contribution in [-0.2, 0) is 13.0 Å². The summed E-state index contributed by atoms with van der Waals surface area (Å²) in [5, 5.41) is 15.3. The first-order chi connectivity index (χ1) is 15.8. The van der Waals surface area contributed by atoms with E-state index in [1.165, 1.54) is 12.8 Å². The Labute approximate surface area is 212 Å². The van der Waals surface area contributed by atoms with E-state index >= 15 is 0 Å². The lowest BCUT2D eigenvalue weighted by Gasteiger charge is -2.20. The predicted octanol–water partition coefficient (Wildman–Crippen LogP) is 3.98. The molecule has 0 radical (unpaired) electrons. The summed E-state index contributed by atoms with van der Waals surface area (Å²) in [5.41, 5.74) is 1.94. The second-order valence-electron chi connectivity index (χ2n) is 7.97. The fraction of sp³-hybridized carbons (Fsp3) is 0.458. The Kier molecular flexibility index (Phi) is 9.59. The molecular weight excluding hydrogens is 531 g/mol. The molecule has 0 amide bonds. The maximum atomic E-state index is 6.33. The molecule has 33 heavy (non-hydrogen) atoms. The van der Waals surface area contributed by atoms with Gasteiger partial charge in [0.05, 0.1) is 13.2 Å². The van der Waals surface area contributed by atoms with Crippen LogP contribution in [-0.4, -0.2) is 47.4 Å². The highest BCUT2D eigenvalue weighted by Gasteiger charge is 2.20. The van der Waals surface area contributed by atoms with Crippen LogP contribution < -0.4 is 20.1 Å². The number of aryl methyl sites for hydroxylation is 1. The van der Waals surface area contributed by atoms with Crippen LogP contribution in [0.15, 0.2) is 47.6 Å². The van der Waals surface area contributed by atoms with Gasteiger partial charge in [0.25, 0.3) is 0 Å². The first kappa shape index (κ1) is 25.1. The number of aromatic nitrogens is 3. The van der Waals surface area contributed by atoms with Crippen molar-refractivity contribution >= 4 is 35.6 Å². The van der Waals surface area contributed by atoms with Crippen LogP contribution in [0.25, 0.3) is 5.65 Å². The maximum Gasteiger partial charge on any atom is 0.191 e. The topological polar surface area (TPSA) is 85.1 Å². The highest BCUT2D eigenvalue weighted by atomic mass is 127. The minimum absolute atomic E-state index is 0. The molecule has 0 atom stereocenters. The highest BCUT2D eigenvalue weighted by molar-refractivity contribution is 14.0. The molecule has 0 spiro atoms. The molecule has 0 bridgehead atoms. The fourth-order valence-electron chi connectivity index (χ4n) is 4.08. The van der Waals surface area contributed by atoms with Crippen molar-refractivity contribution in [2.45, 2.75) is 51.2 Å². The molecule has 0 unspecified atom stereocenters. The quantitative estimate of drug-likeness (QED) is 0.177. The van der Waals surface area contributed by atoms with E-state index in [0.29, 0.717) is 6.54 Å². The summed E-state index contributed by atoms with van der Waals surface area (Å²) in [6, 6.07) is 11.9. The number of pyridine rings is 1. The maximum absolute atomic E-state index is 6.33. The summed E-state index contributed by atoms with van der Waals surface area (Å²) < 4.78 is 13.9. The Bertz CT molecular complexity index is 1050. The number of para-hydroxylation sites is 1. The molecule has 2 N–H and O–H groups in total. The van der Waals surface area contributed by atoms with E-state index in [-0.39, 0.29) is 30.1 Å². The van der Waals surface area contributed by atoms with Crippen molar-refractivity contribution in [2.75, 3.05) is 20.7 Å². The number of ether oxygens (including phenoxy) is 2. The number of hydrogen-bond donors (Lipinski definition) is 2. The summed E-state index contributed by atoms with van der Waals surface area (Å²) in [5.74, 6) is 3.34. The van der Waals surface area contributed by atoms with Crippen molar-refractivity contribution < 1.29 is 9.47 Å². The van der Waals surface area contributed by atoms with Crippen LogP contribution in [0.4, 0.5) is 0 Å². The standard InChI is InChI=1S/C24H32N6O2.HI/c1-25-24(26-15-8-14-22-29-28-21-13-5-6-16-30(21)22)27-17-18-9-7-12-20(31-2)23(18)32-19-10-3-4-11-19;/h5-7,9,12-13,16,19H,3-4,8,10-11,14-15,17H2,1-2H3,(H2,25,26,27);1H. The SMILES string of the molecule is CN=C(NCCCc1nnc2ccccn12)NCc1cccc(OC)c1OC1CCCC1.I. The van der Waals surface area contributed by atoms with Gasteiger partial charge >= 0.3 is 0 Å². The monoisotopic (exact) mass is 564 g/mol. The number of rotatable bonds is 9. The minimum atomic E-state index is 0. The molecule has 1 aliphatic rings. The summed E-state index contributed by atoms with van der Waals surface area (Å²) >= 11 is 0. The normalized spacial score (nSPS) is 14.2. The third-order valence-corrected chi connectivity index (χ3v) is 5.79. The molecule has 1 saturated carbocycles. The smallest absolute Gasteiger partial charge is 0.191 e. The fourth-order valence-corrected chi connectivity index (χ4v) is 4.08. The number of aliphatic imine (C=N–C) groups is 1. The van der Waals surface area contributed by atoms with Crippen LogP contribution in [0.3, 0.4) is 0 Å². The van der Waals surface area contributed by atoms with Crippen molar-refractivity contribution in [3.05, 3.63) is 54.0 Å². The lowest BCUT2D eigenvalue weighted by atomic mass is 10.1. The molecule has 0 aliphatic heterocycles. The number of nitrogens with one attached hydrogen (secondary N) is 2. The van der Waals surface area contributed by atoms with Gasteiger partial charge in [-0.1, -0.05) is 18.2 Å². The van der Waals surface area contributed by atoms with Crippen molar-refractivity contribution in [3.63, 3.8) is 0 Å². The Morgan fingerprint density at radius 1 is 1.12 bits per heavy atom. The largest absolute Gasteiger partial charge is 0.493 e. The van der Waals surface area contributed by atoms with Crippen molar-refractivity contribution in [2.24, 2.45) is 4.99 Å². The molecule has 0 saturated heterocycles. The summed E-state index contributed by atoms with van der Waals surface area (Å²) in [6.07, 6.45) is 8.71. The highest BCUT2D eigenvalue weighted by Crippen LogP contribution is 2.34. The van der Waals surface area contributed by atoms with E-state index in [2.05, 4.69) is 31.9 Å². The number of methoxy groups -OCH3 is 1.